The lowest BCUT2D eigenvalue weighted by atomic mass is 10.0. The van der Waals surface area contributed by atoms with Gasteiger partial charge in [-0.1, -0.05) is 30.3 Å². The van der Waals surface area contributed by atoms with Crippen molar-refractivity contribution >= 4 is 11.7 Å². The predicted molar refractivity (Wildman–Crippen MR) is 104 cm³/mol. The van der Waals surface area contributed by atoms with Crippen LogP contribution < -0.4 is 10.6 Å². The Morgan fingerprint density at radius 3 is 2.56 bits per heavy atom. The third-order valence-electron chi connectivity index (χ3n) is 4.81. The van der Waals surface area contributed by atoms with E-state index in [1.807, 2.05) is 36.4 Å². The number of anilines is 1. The molecular formula is C21H26FN3O2. The van der Waals surface area contributed by atoms with Crippen molar-refractivity contribution in [3.05, 3.63) is 65.5 Å². The first kappa shape index (κ1) is 19.3. The van der Waals surface area contributed by atoms with Gasteiger partial charge in [-0.15, -0.1) is 0 Å². The van der Waals surface area contributed by atoms with Crippen LogP contribution in [0.3, 0.4) is 0 Å². The van der Waals surface area contributed by atoms with Crippen molar-refractivity contribution in [3.63, 3.8) is 0 Å². The average Bonchev–Trinajstić information content (AvgIpc) is 2.67. The van der Waals surface area contributed by atoms with Crippen LogP contribution in [0, 0.1) is 5.82 Å². The Labute approximate surface area is 159 Å². The van der Waals surface area contributed by atoms with Crippen molar-refractivity contribution in [1.29, 1.82) is 0 Å². The molecule has 3 rings (SSSR count). The number of halogens is 1. The molecule has 0 aromatic heterocycles. The molecule has 2 N–H and O–H groups in total. The molecule has 27 heavy (non-hydrogen) atoms. The summed E-state index contributed by atoms with van der Waals surface area (Å²) in [5, 5.41) is 5.98. The van der Waals surface area contributed by atoms with E-state index in [9.17, 15) is 9.18 Å². The van der Waals surface area contributed by atoms with Crippen LogP contribution in [0.15, 0.2) is 48.5 Å². The zero-order valence-electron chi connectivity index (χ0n) is 15.6. The molecule has 0 spiro atoms. The Morgan fingerprint density at radius 1 is 1.15 bits per heavy atom. The van der Waals surface area contributed by atoms with E-state index >= 15 is 0 Å². The van der Waals surface area contributed by atoms with Crippen molar-refractivity contribution in [2.24, 2.45) is 0 Å². The van der Waals surface area contributed by atoms with Gasteiger partial charge >= 0.3 is 6.03 Å². The molecule has 1 saturated heterocycles. The largest absolute Gasteiger partial charge is 0.380 e. The predicted octanol–water partition coefficient (Wildman–Crippen LogP) is 3.76. The van der Waals surface area contributed by atoms with Gasteiger partial charge in [-0.3, -0.25) is 4.90 Å². The van der Waals surface area contributed by atoms with Crippen molar-refractivity contribution in [2.45, 2.75) is 32.0 Å². The minimum Gasteiger partial charge on any atom is -0.380 e. The number of methoxy groups -OCH3 is 1. The number of nitrogens with one attached hydrogen (secondary N) is 2. The van der Waals surface area contributed by atoms with Crippen molar-refractivity contribution in [1.82, 2.24) is 10.2 Å². The smallest absolute Gasteiger partial charge is 0.319 e. The summed E-state index contributed by atoms with van der Waals surface area (Å²) in [7, 11) is 1.64. The molecule has 1 aliphatic heterocycles. The third kappa shape index (κ3) is 5.77. The van der Waals surface area contributed by atoms with Gasteiger partial charge in [-0.05, 0) is 36.6 Å². The number of carbonyl (C=O) groups is 1. The van der Waals surface area contributed by atoms with E-state index in [0.717, 1.165) is 49.3 Å². The highest BCUT2D eigenvalue weighted by Crippen LogP contribution is 2.17. The summed E-state index contributed by atoms with van der Waals surface area (Å²) >= 11 is 0. The zero-order chi connectivity index (χ0) is 19.1. The highest BCUT2D eigenvalue weighted by molar-refractivity contribution is 5.90. The number of piperidine rings is 1. The number of carbonyl (C=O) groups excluding carboxylic acids is 1. The number of para-hydroxylation sites is 1. The molecule has 6 heteroatoms. The van der Waals surface area contributed by atoms with Gasteiger partial charge in [0.2, 0.25) is 0 Å². The van der Waals surface area contributed by atoms with Crippen LogP contribution >= 0.6 is 0 Å². The minimum atomic E-state index is -0.209. The summed E-state index contributed by atoms with van der Waals surface area (Å²) in [6.07, 6.45) is 1.79. The van der Waals surface area contributed by atoms with Gasteiger partial charge in [0.1, 0.15) is 5.82 Å². The summed E-state index contributed by atoms with van der Waals surface area (Å²) in [4.78, 5) is 14.7. The summed E-state index contributed by atoms with van der Waals surface area (Å²) in [6.45, 7) is 3.08. The van der Waals surface area contributed by atoms with Gasteiger partial charge in [-0.2, -0.15) is 0 Å². The lowest BCUT2D eigenvalue weighted by Crippen LogP contribution is -2.45. The fourth-order valence-electron chi connectivity index (χ4n) is 3.35. The number of amides is 2. The number of hydrogen-bond donors (Lipinski definition) is 2. The molecule has 1 fully saturated rings. The van der Waals surface area contributed by atoms with E-state index < -0.39 is 0 Å². The second-order valence-corrected chi connectivity index (χ2v) is 6.87. The van der Waals surface area contributed by atoms with Crippen molar-refractivity contribution in [3.8, 4) is 0 Å². The topological polar surface area (TPSA) is 53.6 Å². The summed E-state index contributed by atoms with van der Waals surface area (Å²) in [6, 6.07) is 14.2. The highest BCUT2D eigenvalue weighted by Gasteiger charge is 2.21. The maximum Gasteiger partial charge on any atom is 0.319 e. The first-order chi connectivity index (χ1) is 13.1. The standard InChI is InChI=1S/C21H26FN3O2/c1-27-15-17-4-2-3-5-20(17)24-21(26)23-19-10-12-25(13-11-19)14-16-6-8-18(22)9-7-16/h2-9,19H,10-15H2,1H3,(H2,23,24,26). The average molecular weight is 371 g/mol. The third-order valence-corrected chi connectivity index (χ3v) is 4.81. The van der Waals surface area contributed by atoms with Crippen molar-refractivity contribution < 1.29 is 13.9 Å². The van der Waals surface area contributed by atoms with E-state index in [-0.39, 0.29) is 17.9 Å². The van der Waals surface area contributed by atoms with Crippen LogP contribution in [-0.2, 0) is 17.9 Å². The van der Waals surface area contributed by atoms with Crippen LogP contribution in [-0.4, -0.2) is 37.2 Å². The van der Waals surface area contributed by atoms with E-state index in [4.69, 9.17) is 4.74 Å². The lowest BCUT2D eigenvalue weighted by Gasteiger charge is -2.32. The van der Waals surface area contributed by atoms with E-state index in [1.54, 1.807) is 7.11 Å². The SMILES string of the molecule is COCc1ccccc1NC(=O)NC1CCN(Cc2ccc(F)cc2)CC1. The van der Waals surface area contributed by atoms with Gasteiger partial charge in [0, 0.05) is 44.0 Å². The van der Waals surface area contributed by atoms with Crippen LogP contribution in [0.25, 0.3) is 0 Å². The number of benzene rings is 2. The molecule has 0 unspecified atom stereocenters. The van der Waals surface area contributed by atoms with Crippen molar-refractivity contribution in [2.75, 3.05) is 25.5 Å². The fraction of sp³-hybridized carbons (Fsp3) is 0.381. The Balaban J connectivity index is 1.45. The number of urea groups is 1. The van der Waals surface area contributed by atoms with E-state index in [1.165, 1.54) is 12.1 Å². The lowest BCUT2D eigenvalue weighted by molar-refractivity contribution is 0.185. The maximum absolute atomic E-state index is 13.0. The molecule has 144 valence electrons. The molecule has 0 atom stereocenters. The molecule has 0 bridgehead atoms. The zero-order valence-corrected chi connectivity index (χ0v) is 15.6. The highest BCUT2D eigenvalue weighted by atomic mass is 19.1. The van der Waals surface area contributed by atoms with Gasteiger partial charge in [0.05, 0.1) is 6.61 Å². The molecule has 1 heterocycles. The normalized spacial score (nSPS) is 15.5. The molecule has 0 saturated carbocycles. The van der Waals surface area contributed by atoms with Crippen LogP contribution in [0.5, 0.6) is 0 Å². The van der Waals surface area contributed by atoms with Gasteiger partial charge < -0.3 is 15.4 Å². The molecule has 1 aliphatic rings. The van der Waals surface area contributed by atoms with Crippen LogP contribution in [0.2, 0.25) is 0 Å². The molecule has 2 aromatic rings. The van der Waals surface area contributed by atoms with Crippen LogP contribution in [0.1, 0.15) is 24.0 Å². The molecule has 2 aromatic carbocycles. The number of rotatable bonds is 6. The molecule has 5 nitrogen and oxygen atoms in total. The molecule has 0 aliphatic carbocycles. The second-order valence-electron chi connectivity index (χ2n) is 6.87. The van der Waals surface area contributed by atoms with Gasteiger partial charge in [0.15, 0.2) is 0 Å². The second kappa shape index (κ2) is 9.48. The summed E-state index contributed by atoms with van der Waals surface area (Å²) in [5.74, 6) is -0.209. The van der Waals surface area contributed by atoms with E-state index in [0.29, 0.717) is 6.61 Å². The Morgan fingerprint density at radius 2 is 1.85 bits per heavy atom. The Kier molecular flexibility index (Phi) is 6.79. The first-order valence-electron chi connectivity index (χ1n) is 9.25. The minimum absolute atomic E-state index is 0.157. The maximum atomic E-state index is 13.0. The van der Waals surface area contributed by atoms with Gasteiger partial charge in [0.25, 0.3) is 0 Å². The molecular weight excluding hydrogens is 345 g/mol. The number of ether oxygens (including phenoxy) is 1. The summed E-state index contributed by atoms with van der Waals surface area (Å²) in [5.41, 5.74) is 2.82. The Bertz CT molecular complexity index is 743. The van der Waals surface area contributed by atoms with Gasteiger partial charge in [-0.25, -0.2) is 9.18 Å². The number of nitrogens with zero attached hydrogens (tertiary/aromatic N) is 1. The Hall–Kier alpha value is -2.44. The monoisotopic (exact) mass is 371 g/mol. The first-order valence-corrected chi connectivity index (χ1v) is 9.25. The van der Waals surface area contributed by atoms with E-state index in [2.05, 4.69) is 15.5 Å². The molecule has 2 amide bonds. The fourth-order valence-corrected chi connectivity index (χ4v) is 3.35. The van der Waals surface area contributed by atoms with Crippen LogP contribution in [0.4, 0.5) is 14.9 Å². The quantitative estimate of drug-likeness (QED) is 0.813. The number of hydrogen-bond acceptors (Lipinski definition) is 3. The number of likely N-dealkylation sites (tertiary alicyclic amines) is 1. The molecule has 0 radical (unpaired) electrons. The summed E-state index contributed by atoms with van der Waals surface area (Å²) < 4.78 is 18.2.